The topological polar surface area (TPSA) is 12.0 Å². The predicted molar refractivity (Wildman–Crippen MR) is 89.5 cm³/mol. The van der Waals surface area contributed by atoms with Crippen molar-refractivity contribution in [3.05, 3.63) is 35.9 Å². The summed E-state index contributed by atoms with van der Waals surface area (Å²) in [5, 5.41) is 3.86. The Labute approximate surface area is 127 Å². The zero-order valence-corrected chi connectivity index (χ0v) is 13.4. The first-order valence-corrected chi connectivity index (χ1v) is 9.16. The standard InChI is InChI=1S/C18H27NS/c1-18(12-5-13-20-18)14-19-17-10-8-16(9-11-17)15-6-3-2-4-7-15/h2-4,6-7,16-17,19H,5,8-14H2,1H3. The van der Waals surface area contributed by atoms with Crippen molar-refractivity contribution in [2.45, 2.75) is 62.2 Å². The van der Waals surface area contributed by atoms with Crippen molar-refractivity contribution in [1.82, 2.24) is 5.32 Å². The first-order chi connectivity index (χ1) is 9.75. The molecule has 0 radical (unpaired) electrons. The fraction of sp³-hybridized carbons (Fsp3) is 0.667. The molecule has 0 aromatic heterocycles. The average molecular weight is 289 g/mol. The molecule has 1 saturated carbocycles. The molecule has 1 nitrogen and oxygen atoms in total. The molecule has 2 heteroatoms. The Bertz CT molecular complexity index is 403. The Morgan fingerprint density at radius 2 is 1.90 bits per heavy atom. The van der Waals surface area contributed by atoms with Gasteiger partial charge in [-0.1, -0.05) is 30.3 Å². The lowest BCUT2D eigenvalue weighted by atomic mass is 9.81. The van der Waals surface area contributed by atoms with Crippen molar-refractivity contribution < 1.29 is 0 Å². The van der Waals surface area contributed by atoms with Crippen LogP contribution in [0.25, 0.3) is 0 Å². The summed E-state index contributed by atoms with van der Waals surface area (Å²) in [6.07, 6.45) is 8.20. The quantitative estimate of drug-likeness (QED) is 0.870. The van der Waals surface area contributed by atoms with Crippen LogP contribution in [-0.2, 0) is 0 Å². The maximum absolute atomic E-state index is 3.86. The second kappa shape index (κ2) is 6.53. The van der Waals surface area contributed by atoms with E-state index in [1.54, 1.807) is 5.56 Å². The molecule has 1 N–H and O–H groups in total. The van der Waals surface area contributed by atoms with Crippen molar-refractivity contribution in [2.75, 3.05) is 12.3 Å². The highest BCUT2D eigenvalue weighted by atomic mass is 32.2. The van der Waals surface area contributed by atoms with E-state index in [4.69, 9.17) is 0 Å². The Hall–Kier alpha value is -0.470. The lowest BCUT2D eigenvalue weighted by Crippen LogP contribution is -2.41. The number of hydrogen-bond donors (Lipinski definition) is 1. The molecule has 0 spiro atoms. The van der Waals surface area contributed by atoms with Crippen molar-refractivity contribution in [2.24, 2.45) is 0 Å². The minimum Gasteiger partial charge on any atom is -0.313 e. The summed E-state index contributed by atoms with van der Waals surface area (Å²) in [5.41, 5.74) is 1.55. The van der Waals surface area contributed by atoms with Gasteiger partial charge in [0.1, 0.15) is 0 Å². The van der Waals surface area contributed by atoms with Crippen LogP contribution >= 0.6 is 11.8 Å². The first-order valence-electron chi connectivity index (χ1n) is 8.17. The van der Waals surface area contributed by atoms with E-state index in [2.05, 4.69) is 54.3 Å². The van der Waals surface area contributed by atoms with Crippen molar-refractivity contribution in [3.8, 4) is 0 Å². The Kier molecular flexibility index (Phi) is 4.72. The monoisotopic (exact) mass is 289 g/mol. The maximum atomic E-state index is 3.86. The molecular weight excluding hydrogens is 262 g/mol. The van der Waals surface area contributed by atoms with Gasteiger partial charge in [0.05, 0.1) is 0 Å². The molecule has 1 unspecified atom stereocenters. The van der Waals surface area contributed by atoms with E-state index in [0.717, 1.165) is 12.0 Å². The van der Waals surface area contributed by atoms with Gasteiger partial charge in [-0.05, 0) is 62.7 Å². The third kappa shape index (κ3) is 3.59. The molecule has 2 aliphatic rings. The summed E-state index contributed by atoms with van der Waals surface area (Å²) in [4.78, 5) is 0. The molecule has 1 aliphatic carbocycles. The van der Waals surface area contributed by atoms with Gasteiger partial charge >= 0.3 is 0 Å². The summed E-state index contributed by atoms with van der Waals surface area (Å²) in [5.74, 6) is 2.16. The van der Waals surface area contributed by atoms with Gasteiger partial charge in [0.15, 0.2) is 0 Å². The Balaban J connectivity index is 1.44. The van der Waals surface area contributed by atoms with E-state index < -0.39 is 0 Å². The fourth-order valence-electron chi connectivity index (χ4n) is 3.69. The molecule has 0 amide bonds. The molecule has 1 saturated heterocycles. The first kappa shape index (κ1) is 14.5. The van der Waals surface area contributed by atoms with E-state index in [-0.39, 0.29) is 0 Å². The molecule has 1 aromatic carbocycles. The van der Waals surface area contributed by atoms with Crippen molar-refractivity contribution in [3.63, 3.8) is 0 Å². The molecule has 1 heterocycles. The van der Waals surface area contributed by atoms with Crippen molar-refractivity contribution in [1.29, 1.82) is 0 Å². The second-order valence-electron chi connectivity index (χ2n) is 6.74. The van der Waals surface area contributed by atoms with E-state index >= 15 is 0 Å². The van der Waals surface area contributed by atoms with Gasteiger partial charge in [0.25, 0.3) is 0 Å². The summed E-state index contributed by atoms with van der Waals surface area (Å²) in [6, 6.07) is 11.8. The van der Waals surface area contributed by atoms with Gasteiger partial charge in [-0.25, -0.2) is 0 Å². The van der Waals surface area contributed by atoms with Crippen LogP contribution in [0.5, 0.6) is 0 Å². The van der Waals surface area contributed by atoms with Crippen LogP contribution in [0.3, 0.4) is 0 Å². The van der Waals surface area contributed by atoms with Gasteiger partial charge in [-0.15, -0.1) is 0 Å². The molecule has 2 fully saturated rings. The molecule has 20 heavy (non-hydrogen) atoms. The maximum Gasteiger partial charge on any atom is 0.0256 e. The zero-order chi connectivity index (χ0) is 13.8. The Morgan fingerprint density at radius 1 is 1.15 bits per heavy atom. The van der Waals surface area contributed by atoms with Crippen LogP contribution in [0.4, 0.5) is 0 Å². The van der Waals surface area contributed by atoms with Gasteiger partial charge in [0.2, 0.25) is 0 Å². The molecule has 110 valence electrons. The zero-order valence-electron chi connectivity index (χ0n) is 12.6. The molecule has 1 aliphatic heterocycles. The van der Waals surface area contributed by atoms with Crippen molar-refractivity contribution >= 4 is 11.8 Å². The van der Waals surface area contributed by atoms with Gasteiger partial charge in [-0.3, -0.25) is 0 Å². The number of rotatable bonds is 4. The average Bonchev–Trinajstić information content (AvgIpc) is 2.94. The van der Waals surface area contributed by atoms with E-state index in [1.165, 1.54) is 50.8 Å². The highest BCUT2D eigenvalue weighted by Gasteiger charge is 2.30. The largest absolute Gasteiger partial charge is 0.313 e. The summed E-state index contributed by atoms with van der Waals surface area (Å²) in [6.45, 7) is 3.64. The number of nitrogens with one attached hydrogen (secondary N) is 1. The molecule has 1 atom stereocenters. The van der Waals surface area contributed by atoms with Crippen LogP contribution in [0.1, 0.15) is 56.9 Å². The van der Waals surface area contributed by atoms with Crippen LogP contribution in [0.2, 0.25) is 0 Å². The fourth-order valence-corrected chi connectivity index (χ4v) is 4.95. The lowest BCUT2D eigenvalue weighted by Gasteiger charge is -2.32. The highest BCUT2D eigenvalue weighted by molar-refractivity contribution is 8.00. The van der Waals surface area contributed by atoms with E-state index in [9.17, 15) is 0 Å². The van der Waals surface area contributed by atoms with Crippen LogP contribution in [0, 0.1) is 0 Å². The molecule has 3 rings (SSSR count). The van der Waals surface area contributed by atoms with E-state index in [1.807, 2.05) is 0 Å². The predicted octanol–water partition coefficient (Wildman–Crippen LogP) is 4.59. The van der Waals surface area contributed by atoms with E-state index in [0.29, 0.717) is 4.75 Å². The molecule has 1 aromatic rings. The molecular formula is C18H27NS. The summed E-state index contributed by atoms with van der Waals surface area (Å²) >= 11 is 2.17. The number of thioether (sulfide) groups is 1. The number of benzene rings is 1. The second-order valence-corrected chi connectivity index (χ2v) is 8.42. The third-order valence-electron chi connectivity index (χ3n) is 5.06. The van der Waals surface area contributed by atoms with Crippen LogP contribution < -0.4 is 5.32 Å². The van der Waals surface area contributed by atoms with Crippen LogP contribution in [-0.4, -0.2) is 23.1 Å². The smallest absolute Gasteiger partial charge is 0.0256 e. The van der Waals surface area contributed by atoms with Gasteiger partial charge in [0, 0.05) is 17.3 Å². The minimum absolute atomic E-state index is 0.510. The van der Waals surface area contributed by atoms with Gasteiger partial charge < -0.3 is 5.32 Å². The van der Waals surface area contributed by atoms with Crippen LogP contribution in [0.15, 0.2) is 30.3 Å². The van der Waals surface area contributed by atoms with Gasteiger partial charge in [-0.2, -0.15) is 11.8 Å². The highest BCUT2D eigenvalue weighted by Crippen LogP contribution is 2.38. The third-order valence-corrected chi connectivity index (χ3v) is 6.60. The molecule has 0 bridgehead atoms. The normalized spacial score (nSPS) is 34.2. The minimum atomic E-state index is 0.510. The lowest BCUT2D eigenvalue weighted by molar-refractivity contribution is 0.332. The number of hydrogen-bond acceptors (Lipinski definition) is 2. The summed E-state index contributed by atoms with van der Waals surface area (Å²) < 4.78 is 0.510. The Morgan fingerprint density at radius 3 is 2.55 bits per heavy atom. The summed E-state index contributed by atoms with van der Waals surface area (Å²) in [7, 11) is 0. The SMILES string of the molecule is CC1(CNC2CCC(c3ccccc3)CC2)CCCS1.